The average Bonchev–Trinajstić information content (AvgIpc) is 3.20. The SMILES string of the molecule is CC(C)(CCC(=O)O)NC(=O)Nc1cc(C2CC2)ccn1. The van der Waals surface area contributed by atoms with E-state index in [2.05, 4.69) is 15.6 Å². The highest BCUT2D eigenvalue weighted by atomic mass is 16.4. The van der Waals surface area contributed by atoms with Crippen LogP contribution in [-0.2, 0) is 4.79 Å². The Morgan fingerprint density at radius 1 is 1.43 bits per heavy atom. The Balaban J connectivity index is 1.88. The van der Waals surface area contributed by atoms with Crippen LogP contribution in [0.2, 0.25) is 0 Å². The highest BCUT2D eigenvalue weighted by molar-refractivity contribution is 5.88. The Hall–Kier alpha value is -2.11. The number of aromatic nitrogens is 1. The lowest BCUT2D eigenvalue weighted by Crippen LogP contribution is -2.45. The van der Waals surface area contributed by atoms with Crippen LogP contribution in [-0.4, -0.2) is 27.6 Å². The first-order chi connectivity index (χ1) is 9.85. The van der Waals surface area contributed by atoms with Gasteiger partial charge in [0.2, 0.25) is 0 Å². The fourth-order valence-electron chi connectivity index (χ4n) is 2.12. The van der Waals surface area contributed by atoms with E-state index in [0.29, 0.717) is 18.2 Å². The third kappa shape index (κ3) is 5.06. The van der Waals surface area contributed by atoms with Gasteiger partial charge in [0.25, 0.3) is 0 Å². The van der Waals surface area contributed by atoms with Crippen molar-refractivity contribution in [2.75, 3.05) is 5.32 Å². The minimum absolute atomic E-state index is 0.0166. The molecule has 0 bridgehead atoms. The summed E-state index contributed by atoms with van der Waals surface area (Å²) in [6, 6.07) is 3.49. The number of amides is 2. The van der Waals surface area contributed by atoms with Gasteiger partial charge in [0.15, 0.2) is 0 Å². The summed E-state index contributed by atoms with van der Waals surface area (Å²) in [5, 5.41) is 14.2. The second kappa shape index (κ2) is 6.11. The Bertz CT molecular complexity index is 539. The van der Waals surface area contributed by atoms with Crippen LogP contribution in [0.5, 0.6) is 0 Å². The summed E-state index contributed by atoms with van der Waals surface area (Å²) >= 11 is 0. The number of carbonyl (C=O) groups is 2. The molecule has 1 aliphatic rings. The lowest BCUT2D eigenvalue weighted by Gasteiger charge is -2.25. The lowest BCUT2D eigenvalue weighted by molar-refractivity contribution is -0.137. The Morgan fingerprint density at radius 3 is 2.76 bits per heavy atom. The number of carbonyl (C=O) groups excluding carboxylic acids is 1. The average molecular weight is 291 g/mol. The molecule has 2 amide bonds. The van der Waals surface area contributed by atoms with Crippen LogP contribution in [0.1, 0.15) is 51.0 Å². The second-order valence-corrected chi connectivity index (χ2v) is 6.11. The van der Waals surface area contributed by atoms with Gasteiger partial charge >= 0.3 is 12.0 Å². The molecule has 114 valence electrons. The lowest BCUT2D eigenvalue weighted by atomic mass is 9.99. The third-order valence-corrected chi connectivity index (χ3v) is 3.49. The Labute approximate surface area is 124 Å². The number of pyridine rings is 1. The molecule has 1 aromatic heterocycles. The number of hydrogen-bond acceptors (Lipinski definition) is 3. The Morgan fingerprint density at radius 2 is 2.14 bits per heavy atom. The Kier molecular flexibility index (Phi) is 4.45. The first kappa shape index (κ1) is 15.3. The van der Waals surface area contributed by atoms with Crippen molar-refractivity contribution in [3.63, 3.8) is 0 Å². The van der Waals surface area contributed by atoms with Gasteiger partial charge in [-0.3, -0.25) is 10.1 Å². The summed E-state index contributed by atoms with van der Waals surface area (Å²) in [5.74, 6) is 0.249. The highest BCUT2D eigenvalue weighted by Crippen LogP contribution is 2.40. The van der Waals surface area contributed by atoms with Gasteiger partial charge < -0.3 is 10.4 Å². The van der Waals surface area contributed by atoms with E-state index in [-0.39, 0.29) is 12.5 Å². The van der Waals surface area contributed by atoms with E-state index in [1.807, 2.05) is 12.1 Å². The zero-order valence-electron chi connectivity index (χ0n) is 12.3. The van der Waals surface area contributed by atoms with Gasteiger partial charge in [-0.1, -0.05) is 0 Å². The molecule has 1 saturated carbocycles. The van der Waals surface area contributed by atoms with Crippen LogP contribution in [0, 0.1) is 0 Å². The van der Waals surface area contributed by atoms with Crippen molar-refractivity contribution in [2.45, 2.75) is 51.0 Å². The number of urea groups is 1. The van der Waals surface area contributed by atoms with E-state index < -0.39 is 11.5 Å². The molecule has 1 heterocycles. The van der Waals surface area contributed by atoms with Crippen LogP contribution in [0.25, 0.3) is 0 Å². The number of nitrogens with zero attached hydrogens (tertiary/aromatic N) is 1. The molecule has 0 aromatic carbocycles. The van der Waals surface area contributed by atoms with Crippen LogP contribution in [0.3, 0.4) is 0 Å². The normalized spacial score (nSPS) is 14.6. The van der Waals surface area contributed by atoms with Crippen LogP contribution >= 0.6 is 0 Å². The molecule has 1 fully saturated rings. The van der Waals surface area contributed by atoms with E-state index in [1.165, 1.54) is 18.4 Å². The van der Waals surface area contributed by atoms with Crippen LogP contribution < -0.4 is 10.6 Å². The summed E-state index contributed by atoms with van der Waals surface area (Å²) in [6.07, 6.45) is 4.46. The molecule has 6 heteroatoms. The van der Waals surface area contributed by atoms with E-state index in [1.54, 1.807) is 20.0 Å². The van der Waals surface area contributed by atoms with Crippen molar-refractivity contribution in [1.82, 2.24) is 10.3 Å². The predicted octanol–water partition coefficient (Wildman–Crippen LogP) is 2.72. The number of carboxylic acid groups (broad SMARTS) is 1. The standard InChI is InChI=1S/C15H21N3O3/c1-15(2,7-5-13(19)20)18-14(21)17-12-9-11(6-8-16-12)10-3-4-10/h6,8-10H,3-5,7H2,1-2H3,(H,19,20)(H2,16,17,18,21). The molecule has 3 N–H and O–H groups in total. The summed E-state index contributed by atoms with van der Waals surface area (Å²) in [5.41, 5.74) is 0.613. The third-order valence-electron chi connectivity index (χ3n) is 3.49. The van der Waals surface area contributed by atoms with Gasteiger partial charge in [-0.2, -0.15) is 0 Å². The maximum atomic E-state index is 12.0. The fourth-order valence-corrected chi connectivity index (χ4v) is 2.12. The number of nitrogens with one attached hydrogen (secondary N) is 2. The molecule has 0 spiro atoms. The number of anilines is 1. The summed E-state index contributed by atoms with van der Waals surface area (Å²) in [7, 11) is 0. The zero-order chi connectivity index (χ0) is 15.5. The van der Waals surface area contributed by atoms with Crippen molar-refractivity contribution in [1.29, 1.82) is 0 Å². The maximum Gasteiger partial charge on any atom is 0.320 e. The number of rotatable bonds is 6. The smallest absolute Gasteiger partial charge is 0.320 e. The molecule has 1 aromatic rings. The second-order valence-electron chi connectivity index (χ2n) is 6.11. The monoisotopic (exact) mass is 291 g/mol. The van der Waals surface area contributed by atoms with Gasteiger partial charge in [-0.25, -0.2) is 9.78 Å². The molecule has 0 atom stereocenters. The summed E-state index contributed by atoms with van der Waals surface area (Å²) in [4.78, 5) is 26.7. The van der Waals surface area contributed by atoms with Gasteiger partial charge in [-0.15, -0.1) is 0 Å². The molecule has 0 aliphatic heterocycles. The van der Waals surface area contributed by atoms with Crippen LogP contribution in [0.15, 0.2) is 18.3 Å². The largest absolute Gasteiger partial charge is 0.481 e. The summed E-state index contributed by atoms with van der Waals surface area (Å²) in [6.45, 7) is 3.59. The van der Waals surface area contributed by atoms with Crippen molar-refractivity contribution < 1.29 is 14.7 Å². The van der Waals surface area contributed by atoms with Crippen molar-refractivity contribution >= 4 is 17.8 Å². The fraction of sp³-hybridized carbons (Fsp3) is 0.533. The minimum atomic E-state index is -0.871. The molecule has 0 unspecified atom stereocenters. The molecule has 1 aliphatic carbocycles. The van der Waals surface area contributed by atoms with Gasteiger partial charge in [0.05, 0.1) is 0 Å². The first-order valence-corrected chi connectivity index (χ1v) is 7.13. The van der Waals surface area contributed by atoms with Gasteiger partial charge in [0.1, 0.15) is 5.82 Å². The number of hydrogen-bond donors (Lipinski definition) is 3. The highest BCUT2D eigenvalue weighted by Gasteiger charge is 2.24. The van der Waals surface area contributed by atoms with E-state index >= 15 is 0 Å². The zero-order valence-corrected chi connectivity index (χ0v) is 12.3. The molecule has 6 nitrogen and oxygen atoms in total. The van der Waals surface area contributed by atoms with Crippen LogP contribution in [0.4, 0.5) is 10.6 Å². The number of aliphatic carboxylic acids is 1. The molecule has 0 radical (unpaired) electrons. The van der Waals surface area contributed by atoms with E-state index in [9.17, 15) is 9.59 Å². The quantitative estimate of drug-likeness (QED) is 0.751. The predicted molar refractivity (Wildman–Crippen MR) is 79.3 cm³/mol. The molecule has 21 heavy (non-hydrogen) atoms. The first-order valence-electron chi connectivity index (χ1n) is 7.13. The maximum absolute atomic E-state index is 12.0. The topological polar surface area (TPSA) is 91.3 Å². The minimum Gasteiger partial charge on any atom is -0.481 e. The van der Waals surface area contributed by atoms with Crippen molar-refractivity contribution in [3.05, 3.63) is 23.9 Å². The molecular weight excluding hydrogens is 270 g/mol. The van der Waals surface area contributed by atoms with Crippen molar-refractivity contribution in [2.24, 2.45) is 0 Å². The molecular formula is C15H21N3O3. The van der Waals surface area contributed by atoms with Gasteiger partial charge in [0, 0.05) is 18.2 Å². The molecule has 0 saturated heterocycles. The summed E-state index contributed by atoms with van der Waals surface area (Å²) < 4.78 is 0. The van der Waals surface area contributed by atoms with E-state index in [4.69, 9.17) is 5.11 Å². The van der Waals surface area contributed by atoms with Crippen molar-refractivity contribution in [3.8, 4) is 0 Å². The van der Waals surface area contributed by atoms with Gasteiger partial charge in [-0.05, 0) is 56.7 Å². The number of carboxylic acids is 1. The molecule has 2 rings (SSSR count). The van der Waals surface area contributed by atoms with E-state index in [0.717, 1.165) is 0 Å².